The van der Waals surface area contributed by atoms with Gasteiger partial charge in [0.15, 0.2) is 0 Å². The van der Waals surface area contributed by atoms with E-state index in [1.54, 1.807) is 0 Å². The molecule has 0 amide bonds. The molecule has 3 N–H and O–H groups in total. The second kappa shape index (κ2) is 13.3. The summed E-state index contributed by atoms with van der Waals surface area (Å²) in [4.78, 5) is 0. The molecule has 0 fully saturated rings. The lowest BCUT2D eigenvalue weighted by Crippen LogP contribution is -2.47. The fraction of sp³-hybridized carbons (Fsp3) is 0.933. The van der Waals surface area contributed by atoms with Crippen molar-refractivity contribution in [1.29, 1.82) is 0 Å². The van der Waals surface area contributed by atoms with Gasteiger partial charge < -0.3 is 5.73 Å². The SMILES string of the molecule is [CH2]CCCCCCC(CC)N(CCC)NCCN. The van der Waals surface area contributed by atoms with Gasteiger partial charge in [0.25, 0.3) is 0 Å². The molecular weight excluding hydrogens is 222 g/mol. The van der Waals surface area contributed by atoms with Crippen molar-refractivity contribution < 1.29 is 0 Å². The number of nitrogens with zero attached hydrogens (tertiary/aromatic N) is 1. The first-order valence-electron chi connectivity index (χ1n) is 7.79. The highest BCUT2D eigenvalue weighted by Gasteiger charge is 2.14. The number of nitrogens with one attached hydrogen (secondary N) is 1. The lowest BCUT2D eigenvalue weighted by Gasteiger charge is -2.31. The van der Waals surface area contributed by atoms with Crippen LogP contribution in [-0.4, -0.2) is 30.7 Å². The summed E-state index contributed by atoms with van der Waals surface area (Å²) in [6, 6.07) is 0.663. The Morgan fingerprint density at radius 1 is 1.17 bits per heavy atom. The van der Waals surface area contributed by atoms with E-state index in [-0.39, 0.29) is 0 Å². The smallest absolute Gasteiger partial charge is 0.0240 e. The third-order valence-electron chi connectivity index (χ3n) is 3.37. The van der Waals surface area contributed by atoms with E-state index in [0.717, 1.165) is 19.5 Å². The van der Waals surface area contributed by atoms with Crippen LogP contribution in [-0.2, 0) is 0 Å². The Morgan fingerprint density at radius 2 is 1.89 bits per heavy atom. The molecule has 0 aliphatic carbocycles. The summed E-state index contributed by atoms with van der Waals surface area (Å²) >= 11 is 0. The molecule has 0 saturated heterocycles. The second-order valence-corrected chi connectivity index (χ2v) is 5.01. The molecule has 1 atom stereocenters. The molecule has 3 nitrogen and oxygen atoms in total. The van der Waals surface area contributed by atoms with Gasteiger partial charge >= 0.3 is 0 Å². The quantitative estimate of drug-likeness (QED) is 0.393. The number of unbranched alkanes of at least 4 members (excludes halogenated alkanes) is 4. The molecule has 109 valence electrons. The number of hydrogen-bond acceptors (Lipinski definition) is 3. The van der Waals surface area contributed by atoms with Crippen molar-refractivity contribution in [3.63, 3.8) is 0 Å². The maximum absolute atomic E-state index is 5.57. The Hall–Kier alpha value is -0.120. The minimum absolute atomic E-state index is 0.663. The maximum atomic E-state index is 5.57. The molecule has 0 aromatic carbocycles. The van der Waals surface area contributed by atoms with E-state index in [2.05, 4.69) is 31.2 Å². The van der Waals surface area contributed by atoms with Gasteiger partial charge in [0.05, 0.1) is 0 Å². The summed E-state index contributed by atoms with van der Waals surface area (Å²) in [5.74, 6) is 0. The number of hydrazine groups is 1. The van der Waals surface area contributed by atoms with Crippen molar-refractivity contribution in [1.82, 2.24) is 10.4 Å². The third-order valence-corrected chi connectivity index (χ3v) is 3.37. The summed E-state index contributed by atoms with van der Waals surface area (Å²) < 4.78 is 0. The minimum Gasteiger partial charge on any atom is -0.329 e. The summed E-state index contributed by atoms with van der Waals surface area (Å²) in [7, 11) is 0. The highest BCUT2D eigenvalue weighted by atomic mass is 15.5. The van der Waals surface area contributed by atoms with Crippen LogP contribution in [0.25, 0.3) is 0 Å². The van der Waals surface area contributed by atoms with Crippen molar-refractivity contribution >= 4 is 0 Å². The highest BCUT2D eigenvalue weighted by Crippen LogP contribution is 2.13. The fourth-order valence-corrected chi connectivity index (χ4v) is 2.33. The monoisotopic (exact) mass is 256 g/mol. The van der Waals surface area contributed by atoms with Crippen LogP contribution in [0.2, 0.25) is 0 Å². The van der Waals surface area contributed by atoms with E-state index in [0.29, 0.717) is 12.6 Å². The van der Waals surface area contributed by atoms with E-state index < -0.39 is 0 Å². The van der Waals surface area contributed by atoms with Gasteiger partial charge in [-0.2, -0.15) is 0 Å². The van der Waals surface area contributed by atoms with Crippen LogP contribution in [0.5, 0.6) is 0 Å². The first-order valence-corrected chi connectivity index (χ1v) is 7.79. The van der Waals surface area contributed by atoms with Crippen LogP contribution >= 0.6 is 0 Å². The Kier molecular flexibility index (Phi) is 13.2. The van der Waals surface area contributed by atoms with Crippen LogP contribution in [0, 0.1) is 6.92 Å². The van der Waals surface area contributed by atoms with Gasteiger partial charge in [-0.15, -0.1) is 0 Å². The van der Waals surface area contributed by atoms with Crippen molar-refractivity contribution in [3.8, 4) is 0 Å². The van der Waals surface area contributed by atoms with Gasteiger partial charge in [-0.3, -0.25) is 5.43 Å². The van der Waals surface area contributed by atoms with Crippen LogP contribution in [0.1, 0.15) is 65.2 Å². The summed E-state index contributed by atoms with van der Waals surface area (Å²) in [6.45, 7) is 11.1. The average molecular weight is 256 g/mol. The van der Waals surface area contributed by atoms with Gasteiger partial charge in [0.2, 0.25) is 0 Å². The highest BCUT2D eigenvalue weighted by molar-refractivity contribution is 4.67. The van der Waals surface area contributed by atoms with Crippen molar-refractivity contribution in [2.75, 3.05) is 19.6 Å². The zero-order valence-electron chi connectivity index (χ0n) is 12.6. The molecule has 0 aromatic rings. The molecule has 0 aromatic heterocycles. The van der Waals surface area contributed by atoms with Gasteiger partial charge in [-0.25, -0.2) is 5.01 Å². The molecule has 3 heteroatoms. The van der Waals surface area contributed by atoms with Gasteiger partial charge in [0, 0.05) is 25.7 Å². The third kappa shape index (κ3) is 8.90. The second-order valence-electron chi connectivity index (χ2n) is 5.01. The lowest BCUT2D eigenvalue weighted by atomic mass is 10.0. The van der Waals surface area contributed by atoms with E-state index in [1.165, 1.54) is 44.9 Å². The van der Waals surface area contributed by atoms with Crippen LogP contribution in [0.3, 0.4) is 0 Å². The van der Waals surface area contributed by atoms with Crippen molar-refractivity contribution in [2.45, 2.75) is 71.3 Å². The van der Waals surface area contributed by atoms with Gasteiger partial charge in [-0.1, -0.05) is 52.9 Å². The van der Waals surface area contributed by atoms with Crippen LogP contribution < -0.4 is 11.2 Å². The maximum Gasteiger partial charge on any atom is 0.0240 e. The summed E-state index contributed by atoms with van der Waals surface area (Å²) in [5.41, 5.74) is 9.05. The van der Waals surface area contributed by atoms with E-state index in [4.69, 9.17) is 5.73 Å². The Bertz CT molecular complexity index is 162. The number of rotatable bonds is 13. The number of hydrogen-bond donors (Lipinski definition) is 2. The molecule has 0 aliphatic heterocycles. The predicted octanol–water partition coefficient (Wildman–Crippen LogP) is 3.11. The first-order chi connectivity index (χ1) is 8.79. The molecule has 0 bridgehead atoms. The predicted molar refractivity (Wildman–Crippen MR) is 81.2 cm³/mol. The summed E-state index contributed by atoms with van der Waals surface area (Å²) in [6.07, 6.45) is 10.1. The molecule has 1 radical (unpaired) electrons. The molecule has 1 unspecified atom stereocenters. The minimum atomic E-state index is 0.663. The van der Waals surface area contributed by atoms with Crippen molar-refractivity contribution in [3.05, 3.63) is 6.92 Å². The Balaban J connectivity index is 3.90. The molecule has 18 heavy (non-hydrogen) atoms. The largest absolute Gasteiger partial charge is 0.329 e. The lowest BCUT2D eigenvalue weighted by molar-refractivity contribution is 0.112. The first kappa shape index (κ1) is 17.9. The van der Waals surface area contributed by atoms with E-state index in [9.17, 15) is 0 Å². The summed E-state index contributed by atoms with van der Waals surface area (Å²) in [5, 5.41) is 2.41. The fourth-order valence-electron chi connectivity index (χ4n) is 2.33. The topological polar surface area (TPSA) is 41.3 Å². The number of nitrogens with two attached hydrogens (primary N) is 1. The molecule has 0 heterocycles. The van der Waals surface area contributed by atoms with Crippen LogP contribution in [0.4, 0.5) is 0 Å². The van der Waals surface area contributed by atoms with E-state index >= 15 is 0 Å². The standard InChI is InChI=1S/C15H34N3/c1-4-7-8-9-10-11-15(6-3)18(14-5-2)17-13-12-16/h15,17H,1,4-14,16H2,2-3H3. The van der Waals surface area contributed by atoms with Gasteiger partial charge in [0.1, 0.15) is 0 Å². The van der Waals surface area contributed by atoms with Crippen LogP contribution in [0.15, 0.2) is 0 Å². The normalized spacial score (nSPS) is 13.2. The Morgan fingerprint density at radius 3 is 2.44 bits per heavy atom. The molecular formula is C15H34N3. The average Bonchev–Trinajstić information content (AvgIpc) is 2.39. The van der Waals surface area contributed by atoms with Crippen molar-refractivity contribution in [2.24, 2.45) is 5.73 Å². The molecule has 0 saturated carbocycles. The zero-order valence-corrected chi connectivity index (χ0v) is 12.6. The van der Waals surface area contributed by atoms with Gasteiger partial charge in [-0.05, 0) is 19.3 Å². The zero-order chi connectivity index (χ0) is 13.6. The van der Waals surface area contributed by atoms with E-state index in [1.807, 2.05) is 0 Å². The molecule has 0 rings (SSSR count). The molecule has 0 aliphatic rings. The molecule has 0 spiro atoms. The Labute approximate surface area is 114 Å².